The molecule has 2 saturated heterocycles. The summed E-state index contributed by atoms with van der Waals surface area (Å²) in [6.45, 7) is 13.6. The maximum Gasteiger partial charge on any atom is 0.320 e. The van der Waals surface area contributed by atoms with Crippen LogP contribution in [0.25, 0.3) is 0 Å². The first-order chi connectivity index (χ1) is 8.61. The van der Waals surface area contributed by atoms with Crippen molar-refractivity contribution in [3.63, 3.8) is 0 Å². The molecule has 18 heavy (non-hydrogen) atoms. The van der Waals surface area contributed by atoms with Crippen molar-refractivity contribution in [3.8, 4) is 0 Å². The van der Waals surface area contributed by atoms with Gasteiger partial charge < -0.3 is 14.7 Å². The van der Waals surface area contributed by atoms with Crippen molar-refractivity contribution in [2.24, 2.45) is 11.8 Å². The smallest absolute Gasteiger partial charge is 0.320 e. The van der Waals surface area contributed by atoms with Gasteiger partial charge in [-0.25, -0.2) is 4.79 Å². The maximum atomic E-state index is 12.4. The summed E-state index contributed by atoms with van der Waals surface area (Å²) in [6, 6.07) is 0.272. The fourth-order valence-corrected chi connectivity index (χ4v) is 2.96. The Bertz CT molecular complexity index is 285. The number of urea groups is 1. The van der Waals surface area contributed by atoms with Crippen LogP contribution in [0.4, 0.5) is 4.79 Å². The van der Waals surface area contributed by atoms with Crippen LogP contribution in [0.1, 0.15) is 27.2 Å². The molecule has 2 rings (SSSR count). The number of piperazine rings is 1. The molecule has 2 amide bonds. The van der Waals surface area contributed by atoms with Crippen LogP contribution >= 0.6 is 0 Å². The van der Waals surface area contributed by atoms with Crippen LogP contribution < -0.4 is 0 Å². The van der Waals surface area contributed by atoms with E-state index in [1.807, 2.05) is 4.90 Å². The second-order valence-electron chi connectivity index (χ2n) is 5.94. The van der Waals surface area contributed by atoms with E-state index in [1.54, 1.807) is 0 Å². The highest BCUT2D eigenvalue weighted by molar-refractivity contribution is 5.74. The Morgan fingerprint density at radius 1 is 1.11 bits per heavy atom. The normalized spacial score (nSPS) is 26.1. The average Bonchev–Trinajstić information content (AvgIpc) is 2.88. The Balaban J connectivity index is 1.82. The molecule has 0 spiro atoms. The average molecular weight is 253 g/mol. The Labute approximate surface area is 111 Å². The molecule has 0 aromatic rings. The molecule has 1 unspecified atom stereocenters. The third-order valence-corrected chi connectivity index (χ3v) is 4.53. The van der Waals surface area contributed by atoms with E-state index < -0.39 is 0 Å². The fourth-order valence-electron chi connectivity index (χ4n) is 2.96. The van der Waals surface area contributed by atoms with Crippen molar-refractivity contribution in [2.45, 2.75) is 27.2 Å². The van der Waals surface area contributed by atoms with Crippen molar-refractivity contribution >= 4 is 6.03 Å². The molecule has 2 fully saturated rings. The van der Waals surface area contributed by atoms with E-state index in [1.165, 1.54) is 6.42 Å². The van der Waals surface area contributed by atoms with Gasteiger partial charge in [0, 0.05) is 39.3 Å². The Morgan fingerprint density at radius 3 is 2.28 bits per heavy atom. The molecule has 0 aromatic carbocycles. The second kappa shape index (κ2) is 5.91. The van der Waals surface area contributed by atoms with Gasteiger partial charge in [-0.15, -0.1) is 0 Å². The molecule has 1 atom stereocenters. The van der Waals surface area contributed by atoms with Gasteiger partial charge in [-0.05, 0) is 24.8 Å². The van der Waals surface area contributed by atoms with Crippen LogP contribution in [0, 0.1) is 11.8 Å². The molecule has 0 aromatic heterocycles. The molecule has 4 heteroatoms. The molecular formula is C14H27N3O. The largest absolute Gasteiger partial charge is 0.324 e. The fraction of sp³-hybridized carbons (Fsp3) is 0.929. The number of carbonyl (C=O) groups is 1. The van der Waals surface area contributed by atoms with Gasteiger partial charge in [0.25, 0.3) is 0 Å². The quantitative estimate of drug-likeness (QED) is 0.749. The number of amides is 2. The number of likely N-dealkylation sites (tertiary alicyclic amines) is 1. The SMILES string of the molecule is CCN1CCN(C(=O)N2CCC(C(C)C)C2)CC1. The number of carbonyl (C=O) groups excluding carboxylic acids is 1. The third-order valence-electron chi connectivity index (χ3n) is 4.53. The second-order valence-corrected chi connectivity index (χ2v) is 5.94. The van der Waals surface area contributed by atoms with Crippen molar-refractivity contribution in [3.05, 3.63) is 0 Å². The first-order valence-electron chi connectivity index (χ1n) is 7.38. The molecular weight excluding hydrogens is 226 g/mol. The Kier molecular flexibility index (Phi) is 4.49. The monoisotopic (exact) mass is 253 g/mol. The van der Waals surface area contributed by atoms with Crippen LogP contribution in [0.5, 0.6) is 0 Å². The summed E-state index contributed by atoms with van der Waals surface area (Å²) in [5, 5.41) is 0. The number of nitrogens with zero attached hydrogens (tertiary/aromatic N) is 3. The van der Waals surface area contributed by atoms with Gasteiger partial charge in [0.1, 0.15) is 0 Å². The zero-order valence-corrected chi connectivity index (χ0v) is 12.1. The minimum absolute atomic E-state index is 0.272. The van der Waals surface area contributed by atoms with Gasteiger partial charge in [0.2, 0.25) is 0 Å². The van der Waals surface area contributed by atoms with E-state index in [4.69, 9.17) is 0 Å². The summed E-state index contributed by atoms with van der Waals surface area (Å²) in [5.41, 5.74) is 0. The lowest BCUT2D eigenvalue weighted by Crippen LogP contribution is -2.52. The summed E-state index contributed by atoms with van der Waals surface area (Å²) in [4.78, 5) is 18.9. The minimum Gasteiger partial charge on any atom is -0.324 e. The Morgan fingerprint density at radius 2 is 1.78 bits per heavy atom. The van der Waals surface area contributed by atoms with Gasteiger partial charge in [0.05, 0.1) is 0 Å². The van der Waals surface area contributed by atoms with Gasteiger partial charge in [-0.1, -0.05) is 20.8 Å². The summed E-state index contributed by atoms with van der Waals surface area (Å²) in [7, 11) is 0. The van der Waals surface area contributed by atoms with Gasteiger partial charge in [-0.2, -0.15) is 0 Å². The van der Waals surface area contributed by atoms with Gasteiger partial charge >= 0.3 is 6.03 Å². The van der Waals surface area contributed by atoms with E-state index in [9.17, 15) is 4.79 Å². The lowest BCUT2D eigenvalue weighted by atomic mass is 9.95. The topological polar surface area (TPSA) is 26.8 Å². The van der Waals surface area contributed by atoms with E-state index in [0.717, 1.165) is 45.8 Å². The van der Waals surface area contributed by atoms with E-state index >= 15 is 0 Å². The molecule has 104 valence electrons. The molecule has 0 radical (unpaired) electrons. The standard InChI is InChI=1S/C14H27N3O/c1-4-15-7-9-16(10-8-15)14(18)17-6-5-13(11-17)12(2)3/h12-13H,4-11H2,1-3H3. The first kappa shape index (κ1) is 13.7. The van der Waals surface area contributed by atoms with Crippen molar-refractivity contribution in [1.29, 1.82) is 0 Å². The predicted octanol–water partition coefficient (Wildman–Crippen LogP) is 1.72. The third kappa shape index (κ3) is 2.97. The lowest BCUT2D eigenvalue weighted by molar-refractivity contribution is 0.119. The molecule has 0 N–H and O–H groups in total. The summed E-state index contributed by atoms with van der Waals surface area (Å²) >= 11 is 0. The van der Waals surface area contributed by atoms with Crippen molar-refractivity contribution < 1.29 is 4.79 Å². The number of likely N-dealkylation sites (N-methyl/N-ethyl adjacent to an activating group) is 1. The highest BCUT2D eigenvalue weighted by Crippen LogP contribution is 2.24. The summed E-state index contributed by atoms with van der Waals surface area (Å²) < 4.78 is 0. The van der Waals surface area contributed by atoms with Crippen LogP contribution in [0.2, 0.25) is 0 Å². The first-order valence-corrected chi connectivity index (χ1v) is 7.38. The van der Waals surface area contributed by atoms with Crippen LogP contribution in [-0.2, 0) is 0 Å². The number of rotatable bonds is 2. The van der Waals surface area contributed by atoms with Crippen molar-refractivity contribution in [2.75, 3.05) is 45.8 Å². The highest BCUT2D eigenvalue weighted by Gasteiger charge is 2.31. The zero-order chi connectivity index (χ0) is 13.1. The van der Waals surface area contributed by atoms with E-state index in [2.05, 4.69) is 30.6 Å². The highest BCUT2D eigenvalue weighted by atomic mass is 16.2. The van der Waals surface area contributed by atoms with Gasteiger partial charge in [0.15, 0.2) is 0 Å². The predicted molar refractivity (Wildman–Crippen MR) is 73.6 cm³/mol. The maximum absolute atomic E-state index is 12.4. The lowest BCUT2D eigenvalue weighted by Gasteiger charge is -2.36. The van der Waals surface area contributed by atoms with E-state index in [-0.39, 0.29) is 6.03 Å². The minimum atomic E-state index is 0.272. The van der Waals surface area contributed by atoms with E-state index in [0.29, 0.717) is 11.8 Å². The molecule has 2 aliphatic rings. The summed E-state index contributed by atoms with van der Waals surface area (Å²) in [5.74, 6) is 1.39. The van der Waals surface area contributed by atoms with Crippen LogP contribution in [0.15, 0.2) is 0 Å². The number of hydrogen-bond acceptors (Lipinski definition) is 2. The van der Waals surface area contributed by atoms with Gasteiger partial charge in [-0.3, -0.25) is 0 Å². The summed E-state index contributed by atoms with van der Waals surface area (Å²) in [6.07, 6.45) is 1.18. The molecule has 0 aliphatic carbocycles. The van der Waals surface area contributed by atoms with Crippen LogP contribution in [-0.4, -0.2) is 66.5 Å². The molecule has 0 saturated carbocycles. The molecule has 4 nitrogen and oxygen atoms in total. The van der Waals surface area contributed by atoms with Crippen molar-refractivity contribution in [1.82, 2.24) is 14.7 Å². The zero-order valence-electron chi connectivity index (χ0n) is 12.1. The molecule has 2 heterocycles. The molecule has 0 bridgehead atoms. The molecule has 2 aliphatic heterocycles. The van der Waals surface area contributed by atoms with Crippen LogP contribution in [0.3, 0.4) is 0 Å². The number of hydrogen-bond donors (Lipinski definition) is 0. The Hall–Kier alpha value is -0.770.